The number of allylic oxidation sites excluding steroid dienone is 2. The first kappa shape index (κ1) is 22.9. The minimum absolute atomic E-state index is 0.134. The molecule has 0 N–H and O–H groups in total. The summed E-state index contributed by atoms with van der Waals surface area (Å²) in [5, 5.41) is 7.91. The average molecular weight is 700 g/mol. The number of nitrogens with zero attached hydrogens (tertiary/aromatic N) is 2. The predicted octanol–water partition coefficient (Wildman–Crippen LogP) is 6.02. The SMILES string of the molecule is O=C1[C@@H]2[C@@H]3C=C[C@H]([C@@H]4C[C@H]34)[C@H]2C(=O)N1/N=C\c1cc(I)c(OCc2cccc3ccccc23)c(I)c1. The molecule has 0 unspecified atom stereocenters. The summed E-state index contributed by atoms with van der Waals surface area (Å²) in [5.41, 5.74) is 1.97. The molecule has 3 aromatic carbocycles. The fourth-order valence-corrected chi connectivity index (χ4v) is 8.67. The second-order valence-electron chi connectivity index (χ2n) is 10.1. The molecule has 2 saturated carbocycles. The third-order valence-electron chi connectivity index (χ3n) is 8.23. The first-order chi connectivity index (χ1) is 17.5. The first-order valence-corrected chi connectivity index (χ1v) is 14.4. The highest BCUT2D eigenvalue weighted by Crippen LogP contribution is 2.65. The summed E-state index contributed by atoms with van der Waals surface area (Å²) in [7, 11) is 0. The Balaban J connectivity index is 1.09. The maximum absolute atomic E-state index is 13.2. The molecule has 1 saturated heterocycles. The van der Waals surface area contributed by atoms with Crippen molar-refractivity contribution in [3.8, 4) is 5.75 Å². The Kier molecular flexibility index (Phi) is 5.50. The molecule has 5 nitrogen and oxygen atoms in total. The zero-order valence-corrected chi connectivity index (χ0v) is 23.5. The van der Waals surface area contributed by atoms with E-state index >= 15 is 0 Å². The molecule has 6 atom stereocenters. The molecule has 2 bridgehead atoms. The summed E-state index contributed by atoms with van der Waals surface area (Å²) in [6.45, 7) is 0.471. The minimum atomic E-state index is -0.224. The lowest BCUT2D eigenvalue weighted by Crippen LogP contribution is -2.40. The monoisotopic (exact) mass is 700 g/mol. The lowest BCUT2D eigenvalue weighted by molar-refractivity contribution is -0.140. The van der Waals surface area contributed by atoms with E-state index < -0.39 is 0 Å². The van der Waals surface area contributed by atoms with Gasteiger partial charge in [0.15, 0.2) is 0 Å². The molecule has 1 heterocycles. The van der Waals surface area contributed by atoms with Gasteiger partial charge in [-0.15, -0.1) is 0 Å². The number of hydrogen-bond donors (Lipinski definition) is 0. The molecule has 36 heavy (non-hydrogen) atoms. The van der Waals surface area contributed by atoms with Crippen LogP contribution in [0.15, 0.2) is 71.9 Å². The molecule has 0 radical (unpaired) electrons. The zero-order chi connectivity index (χ0) is 24.6. The van der Waals surface area contributed by atoms with Crippen LogP contribution < -0.4 is 4.74 Å². The van der Waals surface area contributed by atoms with Gasteiger partial charge in [-0.25, -0.2) is 0 Å². The van der Waals surface area contributed by atoms with Crippen molar-refractivity contribution in [3.63, 3.8) is 0 Å². The van der Waals surface area contributed by atoms with Crippen LogP contribution in [0.2, 0.25) is 0 Å². The number of amides is 2. The van der Waals surface area contributed by atoms with Crippen LogP contribution in [0, 0.1) is 42.6 Å². The molecule has 1 aliphatic heterocycles. The highest BCUT2D eigenvalue weighted by Gasteiger charge is 2.67. The molecule has 0 aromatic heterocycles. The van der Waals surface area contributed by atoms with Gasteiger partial charge in [0.05, 0.1) is 25.2 Å². The van der Waals surface area contributed by atoms with Gasteiger partial charge in [0.25, 0.3) is 11.8 Å². The topological polar surface area (TPSA) is 59.0 Å². The van der Waals surface area contributed by atoms with Crippen LogP contribution in [-0.4, -0.2) is 23.0 Å². The summed E-state index contributed by atoms with van der Waals surface area (Å²) >= 11 is 4.54. The van der Waals surface area contributed by atoms with Gasteiger partial charge >= 0.3 is 0 Å². The summed E-state index contributed by atoms with van der Waals surface area (Å²) in [6, 6.07) is 18.5. The van der Waals surface area contributed by atoms with Crippen molar-refractivity contribution in [2.45, 2.75) is 13.0 Å². The maximum atomic E-state index is 13.2. The molecule has 4 aliphatic carbocycles. The maximum Gasteiger partial charge on any atom is 0.254 e. The Morgan fingerprint density at radius 3 is 2.25 bits per heavy atom. The number of hydrazone groups is 1. The quantitative estimate of drug-likeness (QED) is 0.142. The molecule has 2 amide bonds. The second-order valence-corrected chi connectivity index (χ2v) is 12.5. The van der Waals surface area contributed by atoms with Crippen molar-refractivity contribution in [3.05, 3.63) is 85.0 Å². The van der Waals surface area contributed by atoms with E-state index in [0.29, 0.717) is 18.4 Å². The van der Waals surface area contributed by atoms with E-state index in [1.54, 1.807) is 6.21 Å². The number of imide groups is 1. The average Bonchev–Trinajstić information content (AvgIpc) is 3.66. The lowest BCUT2D eigenvalue weighted by Gasteiger charge is -2.37. The summed E-state index contributed by atoms with van der Waals surface area (Å²) in [6.07, 6.45) is 7.15. The summed E-state index contributed by atoms with van der Waals surface area (Å²) in [5.74, 6) is 1.71. The van der Waals surface area contributed by atoms with Gasteiger partial charge in [0.1, 0.15) is 12.4 Å². The standard InChI is InChI=1S/C29H22I2N2O3/c30-23-10-15(11-24(31)27(23)36-14-17-6-3-5-16-4-1-2-7-18(16)17)13-32-33-28(34)25-19-8-9-20(22-12-21(19)22)26(25)29(33)35/h1-11,13,19-22,25-26H,12,14H2/b32-13-/t19-,20-,21-,22+,25-,26-/m1/s1. The highest BCUT2D eigenvalue weighted by atomic mass is 127. The number of rotatable bonds is 5. The second kappa shape index (κ2) is 8.65. The van der Waals surface area contributed by atoms with Gasteiger partial charge in [-0.1, -0.05) is 54.6 Å². The molecule has 5 aliphatic rings. The van der Waals surface area contributed by atoms with Crippen LogP contribution in [-0.2, 0) is 16.2 Å². The van der Waals surface area contributed by atoms with Crippen LogP contribution in [0.3, 0.4) is 0 Å². The van der Waals surface area contributed by atoms with Crippen molar-refractivity contribution in [2.24, 2.45) is 40.6 Å². The predicted molar refractivity (Wildman–Crippen MR) is 154 cm³/mol. The van der Waals surface area contributed by atoms with E-state index in [9.17, 15) is 9.59 Å². The number of benzene rings is 3. The van der Waals surface area contributed by atoms with Gasteiger partial charge in [-0.3, -0.25) is 9.59 Å². The van der Waals surface area contributed by atoms with Gasteiger partial charge in [-0.05, 0) is 109 Å². The lowest BCUT2D eigenvalue weighted by atomic mass is 9.63. The Morgan fingerprint density at radius 1 is 0.917 bits per heavy atom. The largest absolute Gasteiger partial charge is 0.487 e. The normalized spacial score (nSPS) is 29.8. The minimum Gasteiger partial charge on any atom is -0.487 e. The van der Waals surface area contributed by atoms with Crippen LogP contribution >= 0.6 is 45.2 Å². The molecule has 0 spiro atoms. The van der Waals surface area contributed by atoms with Crippen molar-refractivity contribution >= 4 is 74.0 Å². The van der Waals surface area contributed by atoms with Gasteiger partial charge in [0, 0.05) is 0 Å². The van der Waals surface area contributed by atoms with Crippen molar-refractivity contribution in [1.29, 1.82) is 0 Å². The Labute approximate surface area is 236 Å². The number of ether oxygens (including phenoxy) is 1. The molecular weight excluding hydrogens is 678 g/mol. The van der Waals surface area contributed by atoms with E-state index in [0.717, 1.165) is 35.4 Å². The van der Waals surface area contributed by atoms with Crippen molar-refractivity contribution < 1.29 is 14.3 Å². The number of carbonyl (C=O) groups is 2. The highest BCUT2D eigenvalue weighted by molar-refractivity contribution is 14.1. The number of hydrogen-bond acceptors (Lipinski definition) is 4. The van der Waals surface area contributed by atoms with E-state index in [1.807, 2.05) is 24.3 Å². The third kappa shape index (κ3) is 3.56. The van der Waals surface area contributed by atoms with Crippen LogP contribution in [0.1, 0.15) is 17.5 Å². The van der Waals surface area contributed by atoms with Crippen LogP contribution in [0.25, 0.3) is 10.8 Å². The molecule has 8 rings (SSSR count). The van der Waals surface area contributed by atoms with Gasteiger partial charge in [0.2, 0.25) is 0 Å². The Hall–Kier alpha value is -2.27. The van der Waals surface area contributed by atoms with Crippen molar-refractivity contribution in [2.75, 3.05) is 0 Å². The molecular formula is C29H22I2N2O3. The smallest absolute Gasteiger partial charge is 0.254 e. The number of carbonyl (C=O) groups excluding carboxylic acids is 2. The molecule has 7 heteroatoms. The Morgan fingerprint density at radius 2 is 1.56 bits per heavy atom. The molecule has 3 aromatic rings. The van der Waals surface area contributed by atoms with Crippen LogP contribution in [0.5, 0.6) is 5.75 Å². The fourth-order valence-electron chi connectivity index (χ4n) is 6.54. The molecule has 180 valence electrons. The summed E-state index contributed by atoms with van der Waals surface area (Å²) < 4.78 is 8.16. The van der Waals surface area contributed by atoms with Crippen molar-refractivity contribution in [1.82, 2.24) is 5.01 Å². The fraction of sp³-hybridized carbons (Fsp3) is 0.276. The first-order valence-electron chi connectivity index (χ1n) is 12.2. The van der Waals surface area contributed by atoms with E-state index in [2.05, 4.69) is 92.8 Å². The third-order valence-corrected chi connectivity index (χ3v) is 9.84. The van der Waals surface area contributed by atoms with Gasteiger partial charge in [-0.2, -0.15) is 10.1 Å². The van der Waals surface area contributed by atoms with E-state index in [1.165, 1.54) is 10.8 Å². The zero-order valence-electron chi connectivity index (χ0n) is 19.2. The molecule has 3 fully saturated rings. The summed E-state index contributed by atoms with van der Waals surface area (Å²) in [4.78, 5) is 26.3. The van der Waals surface area contributed by atoms with E-state index in [4.69, 9.17) is 4.74 Å². The number of fused-ring (bicyclic) bond motifs is 1. The number of halogens is 2. The van der Waals surface area contributed by atoms with E-state index in [-0.39, 0.29) is 35.5 Å². The Bertz CT molecular complexity index is 1430. The van der Waals surface area contributed by atoms with Crippen LogP contribution in [0.4, 0.5) is 0 Å². The van der Waals surface area contributed by atoms with Gasteiger partial charge < -0.3 is 4.74 Å².